The van der Waals surface area contributed by atoms with Crippen molar-refractivity contribution < 1.29 is 5.11 Å². The van der Waals surface area contributed by atoms with Gasteiger partial charge in [-0.25, -0.2) is 0 Å². The minimum Gasteiger partial charge on any atom is -0.390 e. The summed E-state index contributed by atoms with van der Waals surface area (Å²) in [4.78, 5) is 2.76. The van der Waals surface area contributed by atoms with Gasteiger partial charge >= 0.3 is 0 Å². The van der Waals surface area contributed by atoms with E-state index in [-0.39, 0.29) is 0 Å². The fourth-order valence-electron chi connectivity index (χ4n) is 7.79. The summed E-state index contributed by atoms with van der Waals surface area (Å²) in [5, 5.41) is 13.2. The van der Waals surface area contributed by atoms with Gasteiger partial charge in [0.2, 0.25) is 0 Å². The summed E-state index contributed by atoms with van der Waals surface area (Å²) < 4.78 is 2.45. The number of benzene rings is 3. The van der Waals surface area contributed by atoms with Crippen molar-refractivity contribution in [2.75, 3.05) is 6.54 Å². The van der Waals surface area contributed by atoms with Gasteiger partial charge < -0.3 is 9.67 Å². The number of hydrogen-bond acceptors (Lipinski definition) is 2. The van der Waals surface area contributed by atoms with Crippen LogP contribution in [0.2, 0.25) is 0 Å². The minimum atomic E-state index is -0.425. The molecule has 1 heterocycles. The lowest BCUT2D eigenvalue weighted by Gasteiger charge is -2.42. The van der Waals surface area contributed by atoms with Gasteiger partial charge in [0.15, 0.2) is 0 Å². The fourth-order valence-corrected chi connectivity index (χ4v) is 7.79. The molecule has 1 aromatic heterocycles. The van der Waals surface area contributed by atoms with Crippen molar-refractivity contribution in [2.24, 2.45) is 0 Å². The van der Waals surface area contributed by atoms with Crippen LogP contribution in [0.3, 0.4) is 0 Å². The lowest BCUT2D eigenvalue weighted by molar-refractivity contribution is 0.0239. The van der Waals surface area contributed by atoms with Crippen LogP contribution in [0, 0.1) is 13.8 Å². The molecule has 1 unspecified atom stereocenters. The number of nitrogens with zero attached hydrogens (tertiary/aromatic N) is 2. The SMILES string of the molecule is Cc1cc(C)c2c(c1)c(-c1ccccc1)c(-c1ccccc1)n2CC(O)CN(C1CCCCC1)C1CCCCC1. The molecule has 2 aliphatic rings. The van der Waals surface area contributed by atoms with Crippen molar-refractivity contribution in [1.29, 1.82) is 0 Å². The second-order valence-electron chi connectivity index (χ2n) is 12.5. The van der Waals surface area contributed by atoms with E-state index in [0.29, 0.717) is 18.6 Å². The minimum absolute atomic E-state index is 0.425. The summed E-state index contributed by atoms with van der Waals surface area (Å²) in [6.45, 7) is 5.81. The first-order valence-electron chi connectivity index (χ1n) is 15.8. The average Bonchev–Trinajstić information content (AvgIpc) is 3.31. The topological polar surface area (TPSA) is 28.4 Å². The van der Waals surface area contributed by atoms with Gasteiger partial charge in [0.25, 0.3) is 0 Å². The summed E-state index contributed by atoms with van der Waals surface area (Å²) in [7, 11) is 0. The average molecular weight is 535 g/mol. The molecule has 0 saturated heterocycles. The smallest absolute Gasteiger partial charge is 0.0846 e. The Morgan fingerprint density at radius 1 is 0.750 bits per heavy atom. The van der Waals surface area contributed by atoms with Crippen molar-refractivity contribution in [1.82, 2.24) is 9.47 Å². The van der Waals surface area contributed by atoms with Crippen LogP contribution in [0.4, 0.5) is 0 Å². The van der Waals surface area contributed by atoms with Gasteiger partial charge in [0, 0.05) is 29.6 Å². The molecule has 40 heavy (non-hydrogen) atoms. The molecule has 2 fully saturated rings. The molecule has 3 nitrogen and oxygen atoms in total. The Kier molecular flexibility index (Phi) is 8.41. The fraction of sp³-hybridized carbons (Fsp3) is 0.459. The predicted octanol–water partition coefficient (Wildman–Crippen LogP) is 8.92. The summed E-state index contributed by atoms with van der Waals surface area (Å²) in [5.41, 5.74) is 8.74. The molecule has 0 bridgehead atoms. The number of aryl methyl sites for hydroxylation is 2. The van der Waals surface area contributed by atoms with Gasteiger partial charge in [-0.05, 0) is 62.3 Å². The van der Waals surface area contributed by atoms with Gasteiger partial charge in [-0.3, -0.25) is 4.90 Å². The maximum Gasteiger partial charge on any atom is 0.0846 e. The van der Waals surface area contributed by atoms with Crippen LogP contribution in [-0.4, -0.2) is 39.3 Å². The van der Waals surface area contributed by atoms with Crippen molar-refractivity contribution >= 4 is 10.9 Å². The Hall–Kier alpha value is -2.88. The Labute approximate surface area is 240 Å². The largest absolute Gasteiger partial charge is 0.390 e. The normalized spacial score (nSPS) is 18.0. The third-order valence-electron chi connectivity index (χ3n) is 9.50. The van der Waals surface area contributed by atoms with Crippen LogP contribution >= 0.6 is 0 Å². The van der Waals surface area contributed by atoms with E-state index < -0.39 is 6.10 Å². The maximum atomic E-state index is 11.9. The molecule has 1 N–H and O–H groups in total. The molecule has 0 radical (unpaired) electrons. The van der Waals surface area contributed by atoms with Crippen LogP contribution in [0.25, 0.3) is 33.3 Å². The third kappa shape index (κ3) is 5.64. The van der Waals surface area contributed by atoms with Crippen LogP contribution < -0.4 is 0 Å². The number of aliphatic hydroxyl groups is 1. The zero-order valence-corrected chi connectivity index (χ0v) is 24.5. The highest BCUT2D eigenvalue weighted by Crippen LogP contribution is 2.43. The summed E-state index contributed by atoms with van der Waals surface area (Å²) in [5.74, 6) is 0. The van der Waals surface area contributed by atoms with Crippen LogP contribution in [0.5, 0.6) is 0 Å². The van der Waals surface area contributed by atoms with Crippen molar-refractivity contribution in [3.05, 3.63) is 83.9 Å². The van der Waals surface area contributed by atoms with E-state index in [2.05, 4.69) is 96.1 Å². The van der Waals surface area contributed by atoms with Crippen molar-refractivity contribution in [3.8, 4) is 22.4 Å². The maximum absolute atomic E-state index is 11.9. The number of hydrogen-bond donors (Lipinski definition) is 1. The Bertz CT molecular complexity index is 1380. The zero-order chi connectivity index (χ0) is 27.5. The molecule has 3 heteroatoms. The lowest BCUT2D eigenvalue weighted by atomic mass is 9.88. The van der Waals surface area contributed by atoms with E-state index >= 15 is 0 Å². The Balaban J connectivity index is 1.44. The van der Waals surface area contributed by atoms with E-state index in [0.717, 1.165) is 6.54 Å². The molecule has 210 valence electrons. The molecule has 2 saturated carbocycles. The van der Waals surface area contributed by atoms with Crippen LogP contribution in [-0.2, 0) is 6.54 Å². The van der Waals surface area contributed by atoms with E-state index in [4.69, 9.17) is 0 Å². The van der Waals surface area contributed by atoms with Gasteiger partial charge in [0.05, 0.1) is 23.9 Å². The molecule has 0 amide bonds. The van der Waals surface area contributed by atoms with Gasteiger partial charge in [-0.1, -0.05) is 111 Å². The molecule has 0 aliphatic heterocycles. The second kappa shape index (κ2) is 12.3. The third-order valence-corrected chi connectivity index (χ3v) is 9.50. The monoisotopic (exact) mass is 534 g/mol. The van der Waals surface area contributed by atoms with Crippen LogP contribution in [0.1, 0.15) is 75.3 Å². The number of aliphatic hydroxyl groups excluding tert-OH is 1. The first kappa shape index (κ1) is 27.3. The first-order valence-corrected chi connectivity index (χ1v) is 15.8. The molecule has 4 aromatic rings. The van der Waals surface area contributed by atoms with Gasteiger partial charge in [-0.2, -0.15) is 0 Å². The highest BCUT2D eigenvalue weighted by molar-refractivity contribution is 6.06. The molecule has 1 atom stereocenters. The van der Waals surface area contributed by atoms with Crippen LogP contribution in [0.15, 0.2) is 72.8 Å². The van der Waals surface area contributed by atoms with E-state index in [1.54, 1.807) is 0 Å². The summed E-state index contributed by atoms with van der Waals surface area (Å²) >= 11 is 0. The highest BCUT2D eigenvalue weighted by atomic mass is 16.3. The summed E-state index contributed by atoms with van der Waals surface area (Å²) in [6.07, 6.45) is 12.8. The highest BCUT2D eigenvalue weighted by Gasteiger charge is 2.31. The lowest BCUT2D eigenvalue weighted by Crippen LogP contribution is -2.49. The molecular weight excluding hydrogens is 488 g/mol. The van der Waals surface area contributed by atoms with Gasteiger partial charge in [-0.15, -0.1) is 0 Å². The van der Waals surface area contributed by atoms with Crippen molar-refractivity contribution in [3.63, 3.8) is 0 Å². The molecule has 6 rings (SSSR count). The zero-order valence-electron chi connectivity index (χ0n) is 24.5. The second-order valence-corrected chi connectivity index (χ2v) is 12.5. The predicted molar refractivity (Wildman–Crippen MR) is 169 cm³/mol. The molecule has 3 aromatic carbocycles. The molecule has 2 aliphatic carbocycles. The quantitative estimate of drug-likeness (QED) is 0.244. The van der Waals surface area contributed by atoms with Gasteiger partial charge in [0.1, 0.15) is 0 Å². The Morgan fingerprint density at radius 3 is 1.88 bits per heavy atom. The van der Waals surface area contributed by atoms with E-state index in [1.807, 2.05) is 0 Å². The summed E-state index contributed by atoms with van der Waals surface area (Å²) in [6, 6.07) is 27.5. The standard InChI is InChI=1S/C37H46N2O/c1-27-23-28(2)36-34(24-27)35(29-15-7-3-8-16-29)37(30-17-9-4-10-18-30)39(36)26-33(40)25-38(31-19-11-5-12-20-31)32-21-13-6-14-22-32/h3-4,7-10,15-18,23-24,31-33,40H,5-6,11-14,19-22,25-26H2,1-2H3. The Morgan fingerprint density at radius 2 is 1.30 bits per heavy atom. The van der Waals surface area contributed by atoms with E-state index in [9.17, 15) is 5.11 Å². The molecular formula is C37H46N2O. The molecule has 0 spiro atoms. The van der Waals surface area contributed by atoms with E-state index in [1.165, 1.54) is 109 Å². The number of fused-ring (bicyclic) bond motifs is 1. The van der Waals surface area contributed by atoms with Crippen molar-refractivity contribution in [2.45, 2.75) is 103 Å². The first-order chi connectivity index (χ1) is 19.6. The number of aromatic nitrogens is 1. The number of rotatable bonds is 8.